The van der Waals surface area contributed by atoms with Crippen LogP contribution in [0.15, 0.2) is 53.4 Å². The third-order valence-electron chi connectivity index (χ3n) is 4.48. The fraction of sp³-hybridized carbons (Fsp3) is 0.381. The summed E-state index contributed by atoms with van der Waals surface area (Å²) in [5.74, 6) is 1.02. The molecule has 1 unspecified atom stereocenters. The van der Waals surface area contributed by atoms with Gasteiger partial charge in [0.25, 0.3) is 5.91 Å². The number of nitrogens with zero attached hydrogens (tertiary/aromatic N) is 1. The van der Waals surface area contributed by atoms with Crippen molar-refractivity contribution in [3.05, 3.63) is 54.1 Å². The Bertz CT molecular complexity index is 913. The summed E-state index contributed by atoms with van der Waals surface area (Å²) < 4.78 is 38.1. The molecular weight excluding hydrogens is 392 g/mol. The van der Waals surface area contributed by atoms with Crippen molar-refractivity contribution in [2.75, 3.05) is 27.3 Å². The second-order valence-corrected chi connectivity index (χ2v) is 8.39. The Kier molecular flexibility index (Phi) is 8.04. The van der Waals surface area contributed by atoms with Crippen molar-refractivity contribution in [1.82, 2.24) is 9.62 Å². The van der Waals surface area contributed by atoms with Crippen LogP contribution in [0.1, 0.15) is 30.6 Å². The molecule has 0 bridgehead atoms. The highest BCUT2D eigenvalue weighted by Gasteiger charge is 2.18. The van der Waals surface area contributed by atoms with Gasteiger partial charge in [-0.05, 0) is 49.7 Å². The minimum Gasteiger partial charge on any atom is -0.493 e. The maximum absolute atomic E-state index is 12.6. The number of hydrogen-bond donors (Lipinski definition) is 1. The lowest BCUT2D eigenvalue weighted by atomic mass is 10.2. The lowest BCUT2D eigenvalue weighted by Crippen LogP contribution is -2.32. The summed E-state index contributed by atoms with van der Waals surface area (Å²) in [6.07, 6.45) is 0.692. The van der Waals surface area contributed by atoms with Crippen LogP contribution in [-0.4, -0.2) is 52.6 Å². The molecule has 0 saturated carbocycles. The Morgan fingerprint density at radius 3 is 2.31 bits per heavy atom. The third-order valence-corrected chi connectivity index (χ3v) is 6.09. The lowest BCUT2D eigenvalue weighted by molar-refractivity contribution is 0.0773. The van der Waals surface area contributed by atoms with Crippen LogP contribution >= 0.6 is 0 Å². The van der Waals surface area contributed by atoms with Crippen molar-refractivity contribution in [2.45, 2.75) is 31.2 Å². The number of ether oxygens (including phenoxy) is 2. The van der Waals surface area contributed by atoms with Crippen LogP contribution in [0.5, 0.6) is 11.5 Å². The molecule has 8 heteroatoms. The highest BCUT2D eigenvalue weighted by atomic mass is 32.2. The highest BCUT2D eigenvalue weighted by Crippen LogP contribution is 2.25. The fourth-order valence-corrected chi connectivity index (χ4v) is 3.87. The Balaban J connectivity index is 1.95. The molecule has 7 nitrogen and oxygen atoms in total. The molecule has 2 aromatic carbocycles. The molecule has 1 amide bonds. The number of carbonyl (C=O) groups is 1. The van der Waals surface area contributed by atoms with Crippen LogP contribution in [0.3, 0.4) is 0 Å². The van der Waals surface area contributed by atoms with E-state index in [0.29, 0.717) is 36.6 Å². The number of rotatable bonds is 10. The molecule has 0 aliphatic carbocycles. The predicted molar refractivity (Wildman–Crippen MR) is 112 cm³/mol. The van der Waals surface area contributed by atoms with Gasteiger partial charge in [0, 0.05) is 18.7 Å². The second-order valence-electron chi connectivity index (χ2n) is 6.68. The van der Waals surface area contributed by atoms with Crippen molar-refractivity contribution in [2.24, 2.45) is 0 Å². The molecule has 0 fully saturated rings. The molecule has 158 valence electrons. The number of likely N-dealkylation sites (N-methyl/N-ethyl adjacent to an activating group) is 1. The second kappa shape index (κ2) is 10.3. The predicted octanol–water partition coefficient (Wildman–Crippen LogP) is 2.92. The number of hydrogen-bond acceptors (Lipinski definition) is 5. The van der Waals surface area contributed by atoms with E-state index in [1.807, 2.05) is 19.1 Å². The first-order valence-corrected chi connectivity index (χ1v) is 10.9. The summed E-state index contributed by atoms with van der Waals surface area (Å²) in [6, 6.07) is 13.1. The van der Waals surface area contributed by atoms with E-state index in [2.05, 4.69) is 4.72 Å². The zero-order valence-corrected chi connectivity index (χ0v) is 18.0. The molecule has 0 radical (unpaired) electrons. The van der Waals surface area contributed by atoms with Crippen LogP contribution in [0.4, 0.5) is 0 Å². The van der Waals surface area contributed by atoms with Crippen molar-refractivity contribution >= 4 is 15.9 Å². The normalized spacial score (nSPS) is 12.3. The standard InChI is InChI=1S/C21H28N2O5S/c1-5-16(2)22-29(25,26)18-12-10-17(11-13-18)21(24)23(3)14-15-28-20-9-7-6-8-19(20)27-4/h6-13,16,22H,5,14-15H2,1-4H3. The summed E-state index contributed by atoms with van der Waals surface area (Å²) >= 11 is 0. The quantitative estimate of drug-likeness (QED) is 0.639. The summed E-state index contributed by atoms with van der Waals surface area (Å²) in [6.45, 7) is 4.38. The number of nitrogens with one attached hydrogen (secondary N) is 1. The first-order valence-electron chi connectivity index (χ1n) is 9.42. The van der Waals surface area contributed by atoms with Crippen LogP contribution in [0.2, 0.25) is 0 Å². The smallest absolute Gasteiger partial charge is 0.253 e. The molecule has 0 aliphatic rings. The Morgan fingerprint density at radius 2 is 1.72 bits per heavy atom. The van der Waals surface area contributed by atoms with Crippen LogP contribution in [-0.2, 0) is 10.0 Å². The molecular formula is C21H28N2O5S. The van der Waals surface area contributed by atoms with Crippen molar-refractivity contribution in [1.29, 1.82) is 0 Å². The molecule has 0 aromatic heterocycles. The summed E-state index contributed by atoms with van der Waals surface area (Å²) in [4.78, 5) is 14.2. The molecule has 2 aromatic rings. The van der Waals surface area contributed by atoms with E-state index in [1.165, 1.54) is 29.2 Å². The molecule has 1 atom stereocenters. The van der Waals surface area contributed by atoms with Gasteiger partial charge in [-0.15, -0.1) is 0 Å². The van der Waals surface area contributed by atoms with Gasteiger partial charge >= 0.3 is 0 Å². The van der Waals surface area contributed by atoms with E-state index in [1.54, 1.807) is 33.2 Å². The van der Waals surface area contributed by atoms with Crippen molar-refractivity contribution < 1.29 is 22.7 Å². The summed E-state index contributed by atoms with van der Waals surface area (Å²) in [7, 11) is -0.353. The fourth-order valence-electron chi connectivity index (χ4n) is 2.55. The molecule has 0 heterocycles. The maximum atomic E-state index is 12.6. The SMILES string of the molecule is CCC(C)NS(=O)(=O)c1ccc(C(=O)N(C)CCOc2ccccc2OC)cc1. The van der Waals surface area contributed by atoms with Gasteiger partial charge in [-0.3, -0.25) is 4.79 Å². The van der Waals surface area contributed by atoms with Crippen molar-refractivity contribution in [3.63, 3.8) is 0 Å². The molecule has 2 rings (SSSR count). The zero-order chi connectivity index (χ0) is 21.4. The van der Waals surface area contributed by atoms with E-state index in [-0.39, 0.29) is 16.8 Å². The number of methoxy groups -OCH3 is 1. The largest absolute Gasteiger partial charge is 0.493 e. The van der Waals surface area contributed by atoms with E-state index in [0.717, 1.165) is 0 Å². The summed E-state index contributed by atoms with van der Waals surface area (Å²) in [5.41, 5.74) is 0.410. The lowest BCUT2D eigenvalue weighted by Gasteiger charge is -2.18. The zero-order valence-electron chi connectivity index (χ0n) is 17.2. The van der Waals surface area contributed by atoms with E-state index in [9.17, 15) is 13.2 Å². The number of para-hydroxylation sites is 2. The van der Waals surface area contributed by atoms with E-state index < -0.39 is 10.0 Å². The van der Waals surface area contributed by atoms with E-state index >= 15 is 0 Å². The van der Waals surface area contributed by atoms with E-state index in [4.69, 9.17) is 9.47 Å². The first kappa shape index (κ1) is 22.7. The van der Waals surface area contributed by atoms with Crippen LogP contribution < -0.4 is 14.2 Å². The minimum atomic E-state index is -3.59. The van der Waals surface area contributed by atoms with Gasteiger partial charge in [0.05, 0.1) is 18.6 Å². The van der Waals surface area contributed by atoms with Gasteiger partial charge in [-0.1, -0.05) is 19.1 Å². The highest BCUT2D eigenvalue weighted by molar-refractivity contribution is 7.89. The molecule has 1 N–H and O–H groups in total. The van der Waals surface area contributed by atoms with Gasteiger partial charge in [-0.25, -0.2) is 13.1 Å². The van der Waals surface area contributed by atoms with Gasteiger partial charge in [-0.2, -0.15) is 0 Å². The monoisotopic (exact) mass is 420 g/mol. The van der Waals surface area contributed by atoms with Gasteiger partial charge in [0.15, 0.2) is 11.5 Å². The number of benzene rings is 2. The van der Waals surface area contributed by atoms with Gasteiger partial charge < -0.3 is 14.4 Å². The Hall–Kier alpha value is -2.58. The average Bonchev–Trinajstić information content (AvgIpc) is 2.73. The Labute approximate surface area is 172 Å². The molecule has 0 aliphatic heterocycles. The van der Waals surface area contributed by atoms with Crippen LogP contribution in [0, 0.1) is 0 Å². The van der Waals surface area contributed by atoms with Crippen LogP contribution in [0.25, 0.3) is 0 Å². The number of sulfonamides is 1. The average molecular weight is 421 g/mol. The third kappa shape index (κ3) is 6.20. The number of amides is 1. The van der Waals surface area contributed by atoms with Gasteiger partial charge in [0.1, 0.15) is 6.61 Å². The molecule has 0 spiro atoms. The molecule has 29 heavy (non-hydrogen) atoms. The molecule has 0 saturated heterocycles. The van der Waals surface area contributed by atoms with Crippen molar-refractivity contribution in [3.8, 4) is 11.5 Å². The summed E-state index contributed by atoms with van der Waals surface area (Å²) in [5, 5.41) is 0. The van der Waals surface area contributed by atoms with Gasteiger partial charge in [0.2, 0.25) is 10.0 Å². The number of carbonyl (C=O) groups excluding carboxylic acids is 1. The minimum absolute atomic E-state index is 0.136. The maximum Gasteiger partial charge on any atom is 0.253 e. The topological polar surface area (TPSA) is 84.9 Å². The Morgan fingerprint density at radius 1 is 1.10 bits per heavy atom. The first-order chi connectivity index (χ1) is 13.8.